The van der Waals surface area contributed by atoms with E-state index in [1.54, 1.807) is 0 Å². The number of pyridine rings is 1. The summed E-state index contributed by atoms with van der Waals surface area (Å²) in [5.41, 5.74) is 5.15. The van der Waals surface area contributed by atoms with Gasteiger partial charge in [0.05, 0.1) is 0 Å². The van der Waals surface area contributed by atoms with Gasteiger partial charge in [0.1, 0.15) is 0 Å². The summed E-state index contributed by atoms with van der Waals surface area (Å²) in [5, 5.41) is 1.39. The number of hydrogen-bond acceptors (Lipinski definition) is 1. The Morgan fingerprint density at radius 1 is 1.10 bits per heavy atom. The van der Waals surface area contributed by atoms with Crippen LogP contribution in [0.25, 0.3) is 10.9 Å². The molecule has 2 heteroatoms. The number of hydrogen-bond donors (Lipinski definition) is 0. The summed E-state index contributed by atoms with van der Waals surface area (Å²) in [5.74, 6) is 0. The number of aryl methyl sites for hydroxylation is 4. The standard InChI is InChI=1S/C18H20N2/c1-3-16-13-20(18-7-5-4-6-17(16)18)11-10-15-9-8-14(2)19-12-15/h4-9,12-13H,3,10-11H2,1-2H3. The lowest BCUT2D eigenvalue weighted by Gasteiger charge is -2.05. The minimum atomic E-state index is 1.01. The van der Waals surface area contributed by atoms with E-state index >= 15 is 0 Å². The highest BCUT2D eigenvalue weighted by Gasteiger charge is 2.06. The fourth-order valence-electron chi connectivity index (χ4n) is 2.69. The van der Waals surface area contributed by atoms with Crippen molar-refractivity contribution in [1.29, 1.82) is 0 Å². The van der Waals surface area contributed by atoms with Gasteiger partial charge in [0.25, 0.3) is 0 Å². The largest absolute Gasteiger partial charge is 0.347 e. The molecule has 102 valence electrons. The zero-order chi connectivity index (χ0) is 13.9. The Kier molecular flexibility index (Phi) is 3.55. The molecule has 1 aromatic carbocycles. The maximum Gasteiger partial charge on any atom is 0.0483 e. The molecular weight excluding hydrogens is 244 g/mol. The van der Waals surface area contributed by atoms with E-state index in [4.69, 9.17) is 0 Å². The van der Waals surface area contributed by atoms with Crippen LogP contribution in [0.15, 0.2) is 48.8 Å². The number of aromatic nitrogens is 2. The van der Waals surface area contributed by atoms with Gasteiger partial charge in [0.2, 0.25) is 0 Å². The average molecular weight is 264 g/mol. The molecule has 20 heavy (non-hydrogen) atoms. The molecule has 0 radical (unpaired) electrons. The Balaban J connectivity index is 1.85. The van der Waals surface area contributed by atoms with Crippen LogP contribution in [0.3, 0.4) is 0 Å². The second-order valence-corrected chi connectivity index (χ2v) is 5.28. The minimum Gasteiger partial charge on any atom is -0.347 e. The van der Waals surface area contributed by atoms with Gasteiger partial charge < -0.3 is 4.57 Å². The minimum absolute atomic E-state index is 1.01. The smallest absolute Gasteiger partial charge is 0.0483 e. The molecule has 2 heterocycles. The van der Waals surface area contributed by atoms with E-state index in [0.29, 0.717) is 0 Å². The molecule has 3 rings (SSSR count). The van der Waals surface area contributed by atoms with Crippen LogP contribution < -0.4 is 0 Å². The number of fused-ring (bicyclic) bond motifs is 1. The van der Waals surface area contributed by atoms with Crippen molar-refractivity contribution in [2.45, 2.75) is 33.2 Å². The van der Waals surface area contributed by atoms with E-state index in [9.17, 15) is 0 Å². The molecule has 0 atom stereocenters. The molecule has 0 N–H and O–H groups in total. The molecule has 0 bridgehead atoms. The summed E-state index contributed by atoms with van der Waals surface area (Å²) in [6, 6.07) is 12.9. The molecule has 0 spiro atoms. The van der Waals surface area contributed by atoms with Crippen LogP contribution in [0.1, 0.15) is 23.7 Å². The molecule has 0 aliphatic rings. The Labute approximate surface area is 120 Å². The van der Waals surface area contributed by atoms with Gasteiger partial charge in [-0.05, 0) is 43.0 Å². The van der Waals surface area contributed by atoms with Crippen molar-refractivity contribution >= 4 is 10.9 Å². The normalized spacial score (nSPS) is 11.1. The summed E-state index contributed by atoms with van der Waals surface area (Å²) < 4.78 is 2.37. The predicted molar refractivity (Wildman–Crippen MR) is 84.0 cm³/mol. The van der Waals surface area contributed by atoms with E-state index in [-0.39, 0.29) is 0 Å². The maximum atomic E-state index is 4.37. The monoisotopic (exact) mass is 264 g/mol. The molecule has 0 amide bonds. The molecule has 0 aliphatic heterocycles. The van der Waals surface area contributed by atoms with Crippen molar-refractivity contribution in [2.75, 3.05) is 0 Å². The van der Waals surface area contributed by atoms with Crippen LogP contribution in [0.2, 0.25) is 0 Å². The van der Waals surface area contributed by atoms with Gasteiger partial charge in [-0.1, -0.05) is 31.2 Å². The molecule has 2 aromatic heterocycles. The Morgan fingerprint density at radius 3 is 2.70 bits per heavy atom. The topological polar surface area (TPSA) is 17.8 Å². The van der Waals surface area contributed by atoms with Crippen LogP contribution in [0.4, 0.5) is 0 Å². The summed E-state index contributed by atoms with van der Waals surface area (Å²) in [7, 11) is 0. The maximum absolute atomic E-state index is 4.37. The Bertz CT molecular complexity index is 708. The zero-order valence-electron chi connectivity index (χ0n) is 12.1. The molecule has 0 unspecified atom stereocenters. The Morgan fingerprint density at radius 2 is 1.95 bits per heavy atom. The average Bonchev–Trinajstić information content (AvgIpc) is 2.85. The highest BCUT2D eigenvalue weighted by atomic mass is 15.0. The van der Waals surface area contributed by atoms with Crippen LogP contribution in [0, 0.1) is 6.92 Å². The first-order valence-electron chi connectivity index (χ1n) is 7.26. The van der Waals surface area contributed by atoms with Crippen molar-refractivity contribution in [1.82, 2.24) is 9.55 Å². The Hall–Kier alpha value is -2.09. The summed E-state index contributed by atoms with van der Waals surface area (Å²) in [6.07, 6.45) is 6.39. The molecule has 2 nitrogen and oxygen atoms in total. The second-order valence-electron chi connectivity index (χ2n) is 5.28. The first kappa shape index (κ1) is 12.9. The van der Waals surface area contributed by atoms with E-state index < -0.39 is 0 Å². The van der Waals surface area contributed by atoms with Crippen molar-refractivity contribution in [3.05, 3.63) is 65.6 Å². The van der Waals surface area contributed by atoms with Crippen LogP contribution >= 0.6 is 0 Å². The SMILES string of the molecule is CCc1cn(CCc2ccc(C)nc2)c2ccccc12. The van der Waals surface area contributed by atoms with Gasteiger partial charge in [-0.15, -0.1) is 0 Å². The third-order valence-corrected chi connectivity index (χ3v) is 3.87. The van der Waals surface area contributed by atoms with Crippen molar-refractivity contribution in [3.8, 4) is 0 Å². The molecule has 0 aliphatic carbocycles. The van der Waals surface area contributed by atoms with Crippen LogP contribution in [-0.2, 0) is 19.4 Å². The van der Waals surface area contributed by atoms with Gasteiger partial charge in [0, 0.05) is 35.5 Å². The van der Waals surface area contributed by atoms with Gasteiger partial charge in [0.15, 0.2) is 0 Å². The lowest BCUT2D eigenvalue weighted by Crippen LogP contribution is -2.00. The first-order chi connectivity index (χ1) is 9.78. The van der Waals surface area contributed by atoms with Gasteiger partial charge in [-0.2, -0.15) is 0 Å². The van der Waals surface area contributed by atoms with Crippen molar-refractivity contribution < 1.29 is 0 Å². The van der Waals surface area contributed by atoms with E-state index in [1.165, 1.54) is 22.0 Å². The highest BCUT2D eigenvalue weighted by molar-refractivity contribution is 5.83. The lowest BCUT2D eigenvalue weighted by molar-refractivity contribution is 0.718. The van der Waals surface area contributed by atoms with Crippen LogP contribution in [0.5, 0.6) is 0 Å². The van der Waals surface area contributed by atoms with Gasteiger partial charge in [-0.3, -0.25) is 4.98 Å². The molecule has 0 saturated heterocycles. The summed E-state index contributed by atoms with van der Waals surface area (Å²) in [4.78, 5) is 4.37. The lowest BCUT2D eigenvalue weighted by atomic mass is 10.1. The number of nitrogens with zero attached hydrogens (tertiary/aromatic N) is 2. The quantitative estimate of drug-likeness (QED) is 0.692. The molecule has 0 fully saturated rings. The summed E-state index contributed by atoms with van der Waals surface area (Å²) >= 11 is 0. The second kappa shape index (κ2) is 5.49. The first-order valence-corrected chi connectivity index (χ1v) is 7.26. The fourth-order valence-corrected chi connectivity index (χ4v) is 2.69. The number of para-hydroxylation sites is 1. The van der Waals surface area contributed by atoms with Crippen molar-refractivity contribution in [2.24, 2.45) is 0 Å². The molecule has 0 saturated carbocycles. The van der Waals surface area contributed by atoms with Gasteiger partial charge in [-0.25, -0.2) is 0 Å². The fraction of sp³-hybridized carbons (Fsp3) is 0.278. The van der Waals surface area contributed by atoms with Crippen molar-refractivity contribution in [3.63, 3.8) is 0 Å². The predicted octanol–water partition coefficient (Wildman–Crippen LogP) is 4.15. The third-order valence-electron chi connectivity index (χ3n) is 3.87. The van der Waals surface area contributed by atoms with E-state index in [0.717, 1.165) is 25.1 Å². The summed E-state index contributed by atoms with van der Waals surface area (Å²) in [6.45, 7) is 5.25. The van der Waals surface area contributed by atoms with Gasteiger partial charge >= 0.3 is 0 Å². The third kappa shape index (κ3) is 2.46. The van der Waals surface area contributed by atoms with Crippen LogP contribution in [-0.4, -0.2) is 9.55 Å². The van der Waals surface area contributed by atoms with E-state index in [1.807, 2.05) is 13.1 Å². The molecule has 3 aromatic rings. The zero-order valence-corrected chi connectivity index (χ0v) is 12.1. The van der Waals surface area contributed by atoms with E-state index in [2.05, 4.69) is 59.1 Å². The highest BCUT2D eigenvalue weighted by Crippen LogP contribution is 2.22. The number of rotatable bonds is 4. The molecular formula is C18H20N2. The number of benzene rings is 1.